The smallest absolute Gasteiger partial charge is 0.252 e. The summed E-state index contributed by atoms with van der Waals surface area (Å²) < 4.78 is 27.9. The summed E-state index contributed by atoms with van der Waals surface area (Å²) in [6.07, 6.45) is 4.18. The quantitative estimate of drug-likeness (QED) is 0.764. The van der Waals surface area contributed by atoms with Gasteiger partial charge in [-0.25, -0.2) is 8.42 Å². The number of H-pyrrole nitrogens is 1. The van der Waals surface area contributed by atoms with Crippen molar-refractivity contribution < 1.29 is 13.2 Å². The van der Waals surface area contributed by atoms with Gasteiger partial charge in [0.05, 0.1) is 12.2 Å². The van der Waals surface area contributed by atoms with Crippen molar-refractivity contribution in [1.29, 1.82) is 0 Å². The van der Waals surface area contributed by atoms with Crippen LogP contribution in [0.1, 0.15) is 30.3 Å². The Labute approximate surface area is 163 Å². The lowest BCUT2D eigenvalue weighted by molar-refractivity contribution is -0.135. The van der Waals surface area contributed by atoms with Crippen LogP contribution >= 0.6 is 11.3 Å². The van der Waals surface area contributed by atoms with Crippen LogP contribution in [0, 0.1) is 17.8 Å². The van der Waals surface area contributed by atoms with Gasteiger partial charge in [0.15, 0.2) is 0 Å². The van der Waals surface area contributed by atoms with E-state index < -0.39 is 10.0 Å². The molecule has 3 atom stereocenters. The van der Waals surface area contributed by atoms with Gasteiger partial charge in [-0.05, 0) is 49.3 Å². The summed E-state index contributed by atoms with van der Waals surface area (Å²) in [7, 11) is -3.46. The van der Waals surface area contributed by atoms with Crippen molar-refractivity contribution in [3.63, 3.8) is 0 Å². The number of hydrogen-bond donors (Lipinski definition) is 2. The average Bonchev–Trinajstić information content (AvgIpc) is 3.32. The number of sulfonamides is 1. The van der Waals surface area contributed by atoms with Gasteiger partial charge in [-0.2, -0.15) is 9.40 Å². The fraction of sp³-hybridized carbons (Fsp3) is 0.556. The molecule has 27 heavy (non-hydrogen) atoms. The second kappa shape index (κ2) is 7.37. The highest BCUT2D eigenvalue weighted by atomic mass is 32.2. The summed E-state index contributed by atoms with van der Waals surface area (Å²) in [4.78, 5) is 13.6. The molecule has 0 radical (unpaired) electrons. The van der Waals surface area contributed by atoms with Crippen LogP contribution in [0.25, 0.3) is 0 Å². The van der Waals surface area contributed by atoms with E-state index in [2.05, 4.69) is 15.5 Å². The second-order valence-corrected chi connectivity index (χ2v) is 10.6. The molecular weight excluding hydrogens is 384 g/mol. The van der Waals surface area contributed by atoms with Gasteiger partial charge in [0.25, 0.3) is 10.0 Å². The van der Waals surface area contributed by atoms with Crippen LogP contribution in [0.2, 0.25) is 0 Å². The van der Waals surface area contributed by atoms with Crippen LogP contribution in [0.3, 0.4) is 0 Å². The summed E-state index contributed by atoms with van der Waals surface area (Å²) in [5, 5.41) is 9.63. The summed E-state index contributed by atoms with van der Waals surface area (Å²) in [6, 6.07) is 5.42. The predicted molar refractivity (Wildman–Crippen MR) is 103 cm³/mol. The second-order valence-electron chi connectivity index (χ2n) is 7.29. The number of piperidine rings is 1. The molecule has 9 heteroatoms. The van der Waals surface area contributed by atoms with E-state index in [-0.39, 0.29) is 17.7 Å². The molecule has 1 aliphatic heterocycles. The Hall–Kier alpha value is -1.71. The minimum absolute atomic E-state index is 0.00879. The molecule has 0 spiro atoms. The topological polar surface area (TPSA) is 95.2 Å². The monoisotopic (exact) mass is 408 g/mol. The number of nitrogens with zero attached hydrogens (tertiary/aromatic N) is 2. The van der Waals surface area contributed by atoms with Crippen LogP contribution in [0.4, 0.5) is 0 Å². The van der Waals surface area contributed by atoms with Crippen molar-refractivity contribution in [1.82, 2.24) is 19.8 Å². The zero-order valence-corrected chi connectivity index (χ0v) is 16.9. The largest absolute Gasteiger partial charge is 0.350 e. The first-order valence-corrected chi connectivity index (χ1v) is 11.6. The molecule has 2 aromatic heterocycles. The van der Waals surface area contributed by atoms with Crippen LogP contribution in [-0.4, -0.2) is 41.9 Å². The molecule has 1 aliphatic carbocycles. The SMILES string of the molecule is CCc1ccc(S(=O)(=O)N2CC[C@@H]3C[C@@H](C(=O)NCc4ccn[nH]4)[C@@H]3C2)s1. The number of rotatable bonds is 6. The summed E-state index contributed by atoms with van der Waals surface area (Å²) >= 11 is 1.35. The van der Waals surface area contributed by atoms with E-state index in [4.69, 9.17) is 0 Å². The number of aromatic amines is 1. The third-order valence-corrected chi connectivity index (χ3v) is 9.33. The van der Waals surface area contributed by atoms with Crippen LogP contribution in [0.15, 0.2) is 28.6 Å². The zero-order valence-electron chi connectivity index (χ0n) is 15.2. The molecule has 2 fully saturated rings. The van der Waals surface area contributed by atoms with E-state index in [0.717, 1.165) is 29.8 Å². The molecule has 7 nitrogen and oxygen atoms in total. The molecule has 2 aromatic rings. The maximum atomic E-state index is 13.0. The molecule has 0 aromatic carbocycles. The first-order chi connectivity index (χ1) is 13.0. The Balaban J connectivity index is 1.40. The van der Waals surface area contributed by atoms with E-state index in [1.165, 1.54) is 11.3 Å². The number of carbonyl (C=O) groups excluding carboxylic acids is 1. The number of hydrogen-bond acceptors (Lipinski definition) is 5. The normalized spacial score (nSPS) is 25.6. The van der Waals surface area contributed by atoms with Gasteiger partial charge in [0, 0.05) is 30.1 Å². The Morgan fingerprint density at radius 3 is 2.96 bits per heavy atom. The van der Waals surface area contributed by atoms with Crippen molar-refractivity contribution >= 4 is 27.3 Å². The number of fused-ring (bicyclic) bond motifs is 1. The molecule has 2 aliphatic rings. The van der Waals surface area contributed by atoms with Gasteiger partial charge < -0.3 is 5.32 Å². The molecule has 3 heterocycles. The van der Waals surface area contributed by atoms with Crippen LogP contribution in [0.5, 0.6) is 0 Å². The number of nitrogens with one attached hydrogen (secondary N) is 2. The summed E-state index contributed by atoms with van der Waals surface area (Å²) in [6.45, 7) is 3.43. The van der Waals surface area contributed by atoms with Crippen molar-refractivity contribution in [2.45, 2.75) is 36.9 Å². The first-order valence-electron chi connectivity index (χ1n) is 9.34. The van der Waals surface area contributed by atoms with Gasteiger partial charge in [-0.15, -0.1) is 11.3 Å². The number of thiophene rings is 1. The lowest BCUT2D eigenvalue weighted by atomic mass is 9.61. The Morgan fingerprint density at radius 2 is 2.26 bits per heavy atom. The molecule has 1 saturated carbocycles. The maximum Gasteiger partial charge on any atom is 0.252 e. The highest BCUT2D eigenvalue weighted by Crippen LogP contribution is 2.46. The zero-order chi connectivity index (χ0) is 19.0. The van der Waals surface area contributed by atoms with Crippen molar-refractivity contribution in [2.24, 2.45) is 17.8 Å². The lowest BCUT2D eigenvalue weighted by Crippen LogP contribution is -2.55. The molecule has 1 saturated heterocycles. The third kappa shape index (κ3) is 3.55. The molecule has 1 amide bonds. The minimum atomic E-state index is -3.46. The molecule has 0 unspecified atom stereocenters. The Bertz CT molecular complexity index is 907. The van der Waals surface area contributed by atoms with Crippen LogP contribution < -0.4 is 5.32 Å². The first kappa shape index (κ1) is 18.6. The average molecular weight is 409 g/mol. The van der Waals surface area contributed by atoms with Crippen LogP contribution in [-0.2, 0) is 27.8 Å². The number of aromatic nitrogens is 2. The fourth-order valence-corrected chi connectivity index (χ4v) is 7.03. The Morgan fingerprint density at radius 1 is 1.41 bits per heavy atom. The molecule has 4 rings (SSSR count). The number of aryl methyl sites for hydroxylation is 1. The number of amides is 1. The summed E-state index contributed by atoms with van der Waals surface area (Å²) in [5.41, 5.74) is 0.858. The maximum absolute atomic E-state index is 13.0. The minimum Gasteiger partial charge on any atom is -0.350 e. The molecule has 0 bridgehead atoms. The van der Waals surface area contributed by atoms with E-state index in [1.807, 2.05) is 19.1 Å². The molecule has 2 N–H and O–H groups in total. The van der Waals surface area contributed by atoms with E-state index in [1.54, 1.807) is 16.6 Å². The summed E-state index contributed by atoms with van der Waals surface area (Å²) in [5.74, 6) is 0.467. The van der Waals surface area contributed by atoms with Crippen molar-refractivity contribution in [2.75, 3.05) is 13.1 Å². The standard InChI is InChI=1S/C18H24N4O3S2/c1-2-14-3-4-17(26-14)27(24,25)22-8-6-12-9-15(16(12)11-22)18(23)19-10-13-5-7-20-21-13/h3-5,7,12,15-16H,2,6,8-11H2,1H3,(H,19,23)(H,20,21)/t12-,15-,16-/m1/s1. The van der Waals surface area contributed by atoms with Gasteiger partial charge in [0.2, 0.25) is 5.91 Å². The van der Waals surface area contributed by atoms with Gasteiger partial charge >= 0.3 is 0 Å². The Kier molecular flexibility index (Phi) is 5.09. The van der Waals surface area contributed by atoms with Gasteiger partial charge in [0.1, 0.15) is 4.21 Å². The highest BCUT2D eigenvalue weighted by molar-refractivity contribution is 7.91. The van der Waals surface area contributed by atoms with Crippen molar-refractivity contribution in [3.05, 3.63) is 35.0 Å². The highest BCUT2D eigenvalue weighted by Gasteiger charge is 2.49. The van der Waals surface area contributed by atoms with E-state index in [0.29, 0.717) is 29.8 Å². The predicted octanol–water partition coefficient (Wildman–Crippen LogP) is 2.00. The van der Waals surface area contributed by atoms with Crippen molar-refractivity contribution in [3.8, 4) is 0 Å². The molecule has 146 valence electrons. The van der Waals surface area contributed by atoms with Gasteiger partial charge in [-0.3, -0.25) is 9.89 Å². The lowest BCUT2D eigenvalue weighted by Gasteiger charge is -2.49. The third-order valence-electron chi connectivity index (χ3n) is 5.77. The van der Waals surface area contributed by atoms with E-state index in [9.17, 15) is 13.2 Å². The molecular formula is C18H24N4O3S2. The van der Waals surface area contributed by atoms with Gasteiger partial charge in [-0.1, -0.05) is 6.92 Å². The fourth-order valence-electron chi connectivity index (χ4n) is 4.08. The van der Waals surface area contributed by atoms with E-state index >= 15 is 0 Å². The number of carbonyl (C=O) groups is 1.